The molecule has 0 amide bonds. The summed E-state index contributed by atoms with van der Waals surface area (Å²) in [5.74, 6) is -0.820. The molecule has 0 aliphatic rings. The van der Waals surface area contributed by atoms with Crippen LogP contribution >= 0.6 is 0 Å². The van der Waals surface area contributed by atoms with Crippen LogP contribution in [0.4, 0.5) is 0 Å². The SMILES string of the molecule is CCCCNCCNCCNCCNCCNCCNCCNCCNCCNCCNCC(=O)O. The van der Waals surface area contributed by atoms with Crippen LogP contribution in [0.5, 0.6) is 0 Å². The zero-order valence-corrected chi connectivity index (χ0v) is 22.9. The van der Waals surface area contributed by atoms with Crippen molar-refractivity contribution in [3.8, 4) is 0 Å². The first-order valence-corrected chi connectivity index (χ1v) is 14.1. The predicted molar refractivity (Wildman–Crippen MR) is 151 cm³/mol. The zero-order chi connectivity index (χ0) is 26.2. The molecule has 0 saturated heterocycles. The van der Waals surface area contributed by atoms with Gasteiger partial charge in [-0.2, -0.15) is 0 Å². The lowest BCUT2D eigenvalue weighted by atomic mass is 10.3. The Balaban J connectivity index is 3.02. The van der Waals surface area contributed by atoms with Gasteiger partial charge in [0, 0.05) is 118 Å². The fourth-order valence-electron chi connectivity index (χ4n) is 3.21. The summed E-state index contributed by atoms with van der Waals surface area (Å²) in [7, 11) is 0. The molecule has 216 valence electrons. The third kappa shape index (κ3) is 33.1. The first-order valence-electron chi connectivity index (χ1n) is 14.1. The largest absolute Gasteiger partial charge is 0.480 e. The smallest absolute Gasteiger partial charge is 0.317 e. The van der Waals surface area contributed by atoms with Crippen molar-refractivity contribution in [1.82, 2.24) is 53.2 Å². The minimum atomic E-state index is -0.820. The number of unbranched alkanes of at least 4 members (excludes halogenated alkanes) is 1. The molecule has 0 saturated carbocycles. The van der Waals surface area contributed by atoms with Crippen LogP contribution in [0.3, 0.4) is 0 Å². The van der Waals surface area contributed by atoms with Crippen LogP contribution in [0, 0.1) is 0 Å². The molecule has 0 atom stereocenters. The number of carbonyl (C=O) groups is 1. The maximum Gasteiger partial charge on any atom is 0.317 e. The lowest BCUT2D eigenvalue weighted by molar-refractivity contribution is -0.135. The molecule has 0 heterocycles. The number of hydrogen-bond donors (Lipinski definition) is 11. The van der Waals surface area contributed by atoms with Gasteiger partial charge in [0.25, 0.3) is 0 Å². The Labute approximate surface area is 220 Å². The molecule has 36 heavy (non-hydrogen) atoms. The van der Waals surface area contributed by atoms with Crippen LogP contribution in [0.15, 0.2) is 0 Å². The van der Waals surface area contributed by atoms with Crippen LogP contribution in [-0.2, 0) is 4.79 Å². The number of hydrogen-bond acceptors (Lipinski definition) is 11. The van der Waals surface area contributed by atoms with Gasteiger partial charge < -0.3 is 58.3 Å². The van der Waals surface area contributed by atoms with Gasteiger partial charge in [0.15, 0.2) is 0 Å². The molecule has 0 rings (SSSR count). The average molecular weight is 519 g/mol. The van der Waals surface area contributed by atoms with Gasteiger partial charge in [-0.1, -0.05) is 13.3 Å². The molecule has 0 aromatic carbocycles. The van der Waals surface area contributed by atoms with E-state index in [-0.39, 0.29) is 6.54 Å². The van der Waals surface area contributed by atoms with Crippen LogP contribution < -0.4 is 53.2 Å². The second kappa shape index (κ2) is 32.1. The number of carboxylic acids is 1. The average Bonchev–Trinajstić information content (AvgIpc) is 2.87. The number of carboxylic acid groups (broad SMARTS) is 1. The van der Waals surface area contributed by atoms with Crippen molar-refractivity contribution in [2.24, 2.45) is 0 Å². The molecule has 0 aromatic rings. The highest BCUT2D eigenvalue weighted by Crippen LogP contribution is 1.80. The van der Waals surface area contributed by atoms with E-state index in [0.29, 0.717) is 6.54 Å². The Morgan fingerprint density at radius 1 is 0.417 bits per heavy atom. The summed E-state index contributed by atoms with van der Waals surface area (Å²) in [6.07, 6.45) is 2.52. The van der Waals surface area contributed by atoms with Gasteiger partial charge in [-0.25, -0.2) is 0 Å². The Kier molecular flexibility index (Phi) is 31.3. The lowest BCUT2D eigenvalue weighted by Crippen LogP contribution is -2.38. The molecule has 12 nitrogen and oxygen atoms in total. The van der Waals surface area contributed by atoms with E-state index in [1.807, 2.05) is 0 Å². The van der Waals surface area contributed by atoms with Crippen molar-refractivity contribution in [3.05, 3.63) is 0 Å². The highest BCUT2D eigenvalue weighted by molar-refractivity contribution is 5.68. The van der Waals surface area contributed by atoms with Crippen LogP contribution in [0.2, 0.25) is 0 Å². The predicted octanol–water partition coefficient (Wildman–Crippen LogP) is -3.23. The standard InChI is InChI=1S/C24H58N10O2/c1-2-3-4-25-5-6-26-7-8-27-9-10-28-11-12-29-13-14-30-15-16-31-17-18-32-19-20-33-21-22-34-23-24(35)36/h25-34H,2-23H2,1H3,(H,35,36). The quantitative estimate of drug-likeness (QED) is 0.0405. The summed E-state index contributed by atoms with van der Waals surface area (Å²) in [6, 6.07) is 0. The molecular weight excluding hydrogens is 460 g/mol. The summed E-state index contributed by atoms with van der Waals surface area (Å²) in [4.78, 5) is 10.3. The van der Waals surface area contributed by atoms with E-state index < -0.39 is 5.97 Å². The monoisotopic (exact) mass is 518 g/mol. The van der Waals surface area contributed by atoms with Crippen molar-refractivity contribution in [2.45, 2.75) is 19.8 Å². The number of rotatable bonds is 32. The molecule has 0 bridgehead atoms. The van der Waals surface area contributed by atoms with Gasteiger partial charge in [0.05, 0.1) is 6.54 Å². The van der Waals surface area contributed by atoms with Gasteiger partial charge in [-0.3, -0.25) is 4.79 Å². The van der Waals surface area contributed by atoms with Crippen LogP contribution in [-0.4, -0.2) is 142 Å². The summed E-state index contributed by atoms with van der Waals surface area (Å²) >= 11 is 0. The number of aliphatic carboxylic acids is 1. The molecule has 11 N–H and O–H groups in total. The Hall–Kier alpha value is -0.930. The lowest BCUT2D eigenvalue weighted by Gasteiger charge is -2.10. The third-order valence-electron chi connectivity index (χ3n) is 5.29. The Morgan fingerprint density at radius 3 is 0.861 bits per heavy atom. The Bertz CT molecular complexity index is 436. The van der Waals surface area contributed by atoms with Gasteiger partial charge >= 0.3 is 5.97 Å². The van der Waals surface area contributed by atoms with Crippen molar-refractivity contribution in [3.63, 3.8) is 0 Å². The Morgan fingerprint density at radius 2 is 0.639 bits per heavy atom. The minimum Gasteiger partial charge on any atom is -0.480 e. The molecule has 0 aromatic heterocycles. The van der Waals surface area contributed by atoms with Crippen LogP contribution in [0.25, 0.3) is 0 Å². The first kappa shape index (κ1) is 35.1. The molecule has 0 fully saturated rings. The highest BCUT2D eigenvalue weighted by atomic mass is 16.4. The van der Waals surface area contributed by atoms with E-state index in [0.717, 1.165) is 118 Å². The van der Waals surface area contributed by atoms with Gasteiger partial charge in [-0.15, -0.1) is 0 Å². The summed E-state index contributed by atoms with van der Waals surface area (Å²) in [5, 5.41) is 42.1. The van der Waals surface area contributed by atoms with Crippen molar-refractivity contribution < 1.29 is 9.90 Å². The summed E-state index contributed by atoms with van der Waals surface area (Å²) < 4.78 is 0. The van der Waals surface area contributed by atoms with E-state index in [1.165, 1.54) is 12.8 Å². The first-order chi connectivity index (χ1) is 17.8. The second-order valence-electron chi connectivity index (χ2n) is 8.67. The molecule has 0 spiro atoms. The normalized spacial score (nSPS) is 11.4. The molecule has 0 aliphatic carbocycles. The molecule has 0 unspecified atom stereocenters. The molecule has 12 heteroatoms. The fraction of sp³-hybridized carbons (Fsp3) is 0.958. The van der Waals surface area contributed by atoms with Gasteiger partial charge in [0.1, 0.15) is 0 Å². The van der Waals surface area contributed by atoms with E-state index in [1.54, 1.807) is 0 Å². The maximum absolute atomic E-state index is 10.3. The molecule has 0 radical (unpaired) electrons. The summed E-state index contributed by atoms with van der Waals surface area (Å²) in [6.45, 7) is 20.5. The molecule has 0 aliphatic heterocycles. The van der Waals surface area contributed by atoms with Crippen LogP contribution in [0.1, 0.15) is 19.8 Å². The topological polar surface area (TPSA) is 158 Å². The molecular formula is C24H58N10O2. The summed E-state index contributed by atoms with van der Waals surface area (Å²) in [5.41, 5.74) is 0. The van der Waals surface area contributed by atoms with E-state index in [2.05, 4.69) is 60.1 Å². The highest BCUT2D eigenvalue weighted by Gasteiger charge is 1.95. The van der Waals surface area contributed by atoms with E-state index in [9.17, 15) is 4.79 Å². The maximum atomic E-state index is 10.3. The minimum absolute atomic E-state index is 0.0173. The van der Waals surface area contributed by atoms with Crippen molar-refractivity contribution in [1.29, 1.82) is 0 Å². The van der Waals surface area contributed by atoms with Gasteiger partial charge in [-0.05, 0) is 13.0 Å². The number of nitrogens with one attached hydrogen (secondary N) is 10. The van der Waals surface area contributed by atoms with Gasteiger partial charge in [0.2, 0.25) is 0 Å². The van der Waals surface area contributed by atoms with E-state index >= 15 is 0 Å². The third-order valence-corrected chi connectivity index (χ3v) is 5.29. The second-order valence-corrected chi connectivity index (χ2v) is 8.67. The van der Waals surface area contributed by atoms with E-state index in [4.69, 9.17) is 5.11 Å². The fourth-order valence-corrected chi connectivity index (χ4v) is 3.21. The van der Waals surface area contributed by atoms with Crippen molar-refractivity contribution >= 4 is 5.97 Å². The zero-order valence-electron chi connectivity index (χ0n) is 22.9. The van der Waals surface area contributed by atoms with Crippen molar-refractivity contribution in [2.75, 3.05) is 131 Å².